The molecule has 24 heavy (non-hydrogen) atoms. The molecule has 0 saturated heterocycles. The molecule has 122 valence electrons. The summed E-state index contributed by atoms with van der Waals surface area (Å²) in [5, 5.41) is 3.22. The van der Waals surface area contributed by atoms with E-state index >= 15 is 0 Å². The summed E-state index contributed by atoms with van der Waals surface area (Å²) in [7, 11) is 0. The van der Waals surface area contributed by atoms with E-state index < -0.39 is 0 Å². The first-order valence-corrected chi connectivity index (χ1v) is 7.67. The molecule has 3 N–H and O–H groups in total. The summed E-state index contributed by atoms with van der Waals surface area (Å²) in [5.41, 5.74) is 1.21. The highest BCUT2D eigenvalue weighted by Gasteiger charge is 2.13. The van der Waals surface area contributed by atoms with E-state index in [2.05, 4.69) is 15.3 Å². The summed E-state index contributed by atoms with van der Waals surface area (Å²) < 4.78 is 13.5. The number of halogens is 1. The van der Waals surface area contributed by atoms with E-state index in [1.54, 1.807) is 37.3 Å². The van der Waals surface area contributed by atoms with Gasteiger partial charge in [-0.2, -0.15) is 0 Å². The molecular weight excluding hydrogens is 329 g/mol. The van der Waals surface area contributed by atoms with Gasteiger partial charge in [-0.05, 0) is 55.0 Å². The molecule has 1 atom stereocenters. The van der Waals surface area contributed by atoms with Crippen LogP contribution in [0.15, 0.2) is 47.3 Å². The Morgan fingerprint density at radius 3 is 2.75 bits per heavy atom. The van der Waals surface area contributed by atoms with Crippen molar-refractivity contribution < 1.29 is 9.18 Å². The van der Waals surface area contributed by atoms with Crippen molar-refractivity contribution in [2.45, 2.75) is 13.0 Å². The average molecular weight is 343 g/mol. The number of benzene rings is 2. The predicted molar refractivity (Wildman–Crippen MR) is 92.0 cm³/mol. The van der Waals surface area contributed by atoms with Gasteiger partial charge in [-0.15, -0.1) is 0 Å². The lowest BCUT2D eigenvalue weighted by atomic mass is 10.1. The summed E-state index contributed by atoms with van der Waals surface area (Å²) in [6.45, 7) is 1.77. The van der Waals surface area contributed by atoms with Crippen molar-refractivity contribution in [2.24, 2.45) is 0 Å². The minimum atomic E-state index is -0.360. The molecule has 0 aliphatic rings. The van der Waals surface area contributed by atoms with Crippen LogP contribution in [0, 0.1) is 10.6 Å². The second-order valence-electron chi connectivity index (χ2n) is 5.42. The summed E-state index contributed by atoms with van der Waals surface area (Å²) in [6.07, 6.45) is 0. The normalized spacial score (nSPS) is 12.1. The SMILES string of the molecule is C[C@H](NC(=O)c1ccc2c(=O)[nH]c(=S)[nH]c2c1)c1cccc(F)c1. The van der Waals surface area contributed by atoms with Crippen molar-refractivity contribution in [3.8, 4) is 0 Å². The Morgan fingerprint density at radius 2 is 2.00 bits per heavy atom. The monoisotopic (exact) mass is 343 g/mol. The Kier molecular flexibility index (Phi) is 4.26. The predicted octanol–water partition coefficient (Wildman–Crippen LogP) is 3.22. The maximum Gasteiger partial charge on any atom is 0.259 e. The third kappa shape index (κ3) is 3.26. The van der Waals surface area contributed by atoms with Crippen molar-refractivity contribution in [3.63, 3.8) is 0 Å². The van der Waals surface area contributed by atoms with Crippen LogP contribution in [0.5, 0.6) is 0 Å². The molecule has 0 spiro atoms. The molecule has 7 heteroatoms. The first-order valence-electron chi connectivity index (χ1n) is 7.27. The summed E-state index contributed by atoms with van der Waals surface area (Å²) in [4.78, 5) is 29.5. The summed E-state index contributed by atoms with van der Waals surface area (Å²) in [5.74, 6) is -0.681. The second kappa shape index (κ2) is 6.37. The van der Waals surface area contributed by atoms with Gasteiger partial charge >= 0.3 is 0 Å². The molecular formula is C17H14FN3O2S. The van der Waals surface area contributed by atoms with Gasteiger partial charge in [0.2, 0.25) is 0 Å². The van der Waals surface area contributed by atoms with Gasteiger partial charge < -0.3 is 10.3 Å². The molecule has 0 radical (unpaired) electrons. The third-order valence-electron chi connectivity index (χ3n) is 3.70. The van der Waals surface area contributed by atoms with Crippen LogP contribution in [0.3, 0.4) is 0 Å². The zero-order valence-corrected chi connectivity index (χ0v) is 13.5. The molecule has 3 aromatic rings. The number of hydrogen-bond acceptors (Lipinski definition) is 3. The number of rotatable bonds is 3. The fourth-order valence-electron chi connectivity index (χ4n) is 2.45. The largest absolute Gasteiger partial charge is 0.346 e. The standard InChI is InChI=1S/C17H14FN3O2S/c1-9(10-3-2-4-12(18)7-10)19-15(22)11-5-6-13-14(8-11)20-17(24)21-16(13)23/h2-9H,1H3,(H,19,22)(H2,20,21,23,24)/t9-/m0/s1. The molecule has 0 bridgehead atoms. The first-order chi connectivity index (χ1) is 11.4. The number of hydrogen-bond donors (Lipinski definition) is 3. The highest BCUT2D eigenvalue weighted by Crippen LogP contribution is 2.15. The number of aromatic amines is 2. The number of carbonyl (C=O) groups is 1. The number of fused-ring (bicyclic) bond motifs is 1. The minimum Gasteiger partial charge on any atom is -0.346 e. The highest BCUT2D eigenvalue weighted by atomic mass is 32.1. The lowest BCUT2D eigenvalue weighted by Gasteiger charge is -2.14. The van der Waals surface area contributed by atoms with Gasteiger partial charge in [-0.25, -0.2) is 4.39 Å². The molecule has 0 aliphatic heterocycles. The highest BCUT2D eigenvalue weighted by molar-refractivity contribution is 7.71. The molecule has 3 rings (SSSR count). The van der Waals surface area contributed by atoms with Crippen molar-refractivity contribution in [2.75, 3.05) is 0 Å². The van der Waals surface area contributed by atoms with E-state index in [0.29, 0.717) is 22.0 Å². The Balaban J connectivity index is 1.88. The molecule has 1 heterocycles. The topological polar surface area (TPSA) is 77.8 Å². The van der Waals surface area contributed by atoms with Crippen LogP contribution in [-0.2, 0) is 0 Å². The van der Waals surface area contributed by atoms with Crippen molar-refractivity contribution in [1.29, 1.82) is 0 Å². The first kappa shape index (κ1) is 16.1. The van der Waals surface area contributed by atoms with Gasteiger partial charge in [0.15, 0.2) is 4.77 Å². The Labute approximate surface area is 141 Å². The maximum atomic E-state index is 13.3. The third-order valence-corrected chi connectivity index (χ3v) is 3.90. The number of amides is 1. The Morgan fingerprint density at radius 1 is 1.21 bits per heavy atom. The van der Waals surface area contributed by atoms with Crippen LogP contribution < -0.4 is 10.9 Å². The van der Waals surface area contributed by atoms with Gasteiger partial charge in [0.1, 0.15) is 5.82 Å². The lowest BCUT2D eigenvalue weighted by Crippen LogP contribution is -2.26. The van der Waals surface area contributed by atoms with E-state index in [1.807, 2.05) is 0 Å². The fourth-order valence-corrected chi connectivity index (χ4v) is 2.65. The minimum absolute atomic E-state index is 0.193. The zero-order valence-electron chi connectivity index (χ0n) is 12.7. The van der Waals surface area contributed by atoms with Gasteiger partial charge in [0, 0.05) is 5.56 Å². The Hall–Kier alpha value is -2.80. The van der Waals surface area contributed by atoms with Crippen molar-refractivity contribution in [1.82, 2.24) is 15.3 Å². The average Bonchev–Trinajstić information content (AvgIpc) is 2.54. The van der Waals surface area contributed by atoms with E-state index in [9.17, 15) is 14.0 Å². The molecule has 0 saturated carbocycles. The van der Waals surface area contributed by atoms with Gasteiger partial charge in [-0.1, -0.05) is 12.1 Å². The van der Waals surface area contributed by atoms with E-state index in [4.69, 9.17) is 12.2 Å². The number of nitrogens with one attached hydrogen (secondary N) is 3. The molecule has 0 unspecified atom stereocenters. The van der Waals surface area contributed by atoms with Crippen LogP contribution in [0.2, 0.25) is 0 Å². The molecule has 5 nitrogen and oxygen atoms in total. The van der Waals surface area contributed by atoms with Crippen LogP contribution >= 0.6 is 12.2 Å². The lowest BCUT2D eigenvalue weighted by molar-refractivity contribution is 0.0940. The van der Waals surface area contributed by atoms with Crippen LogP contribution in [-0.4, -0.2) is 15.9 Å². The zero-order chi connectivity index (χ0) is 17.3. The number of H-pyrrole nitrogens is 2. The van der Waals surface area contributed by atoms with Gasteiger partial charge in [0.05, 0.1) is 16.9 Å². The van der Waals surface area contributed by atoms with Gasteiger partial charge in [-0.3, -0.25) is 14.6 Å². The van der Waals surface area contributed by atoms with Crippen LogP contribution in [0.1, 0.15) is 28.9 Å². The summed E-state index contributed by atoms with van der Waals surface area (Å²) in [6, 6.07) is 10.4. The van der Waals surface area contributed by atoms with E-state index in [0.717, 1.165) is 0 Å². The molecule has 1 aromatic heterocycles. The quantitative estimate of drug-likeness (QED) is 0.639. The molecule has 0 aliphatic carbocycles. The van der Waals surface area contributed by atoms with Crippen molar-refractivity contribution in [3.05, 3.63) is 74.5 Å². The van der Waals surface area contributed by atoms with Crippen LogP contribution in [0.4, 0.5) is 4.39 Å². The van der Waals surface area contributed by atoms with E-state index in [1.165, 1.54) is 12.1 Å². The van der Waals surface area contributed by atoms with Crippen molar-refractivity contribution >= 4 is 29.0 Å². The molecule has 1 amide bonds. The Bertz CT molecular complexity index is 1040. The van der Waals surface area contributed by atoms with Gasteiger partial charge in [0.25, 0.3) is 11.5 Å². The maximum absolute atomic E-state index is 13.3. The summed E-state index contributed by atoms with van der Waals surface area (Å²) >= 11 is 4.93. The van der Waals surface area contributed by atoms with E-state index in [-0.39, 0.29) is 28.1 Å². The molecule has 2 aromatic carbocycles. The smallest absolute Gasteiger partial charge is 0.259 e. The molecule has 0 fully saturated rings. The number of carbonyl (C=O) groups excluding carboxylic acids is 1. The number of aromatic nitrogens is 2. The fraction of sp³-hybridized carbons (Fsp3) is 0.118. The van der Waals surface area contributed by atoms with Crippen LogP contribution in [0.25, 0.3) is 10.9 Å². The second-order valence-corrected chi connectivity index (χ2v) is 5.83.